The van der Waals surface area contributed by atoms with Gasteiger partial charge in [0.25, 0.3) is 0 Å². The Morgan fingerprint density at radius 3 is 0.844 bits per heavy atom. The number of hydrogen-bond donors (Lipinski definition) is 4. The Balaban J connectivity index is 0.00000181. The maximum Gasteiger partial charge on any atom is 0.0385 e. The normalized spacial score (nSPS) is 9.69. The Bertz CT molecular complexity index is 1070. The molecule has 166 valence electrons. The predicted octanol–water partition coefficient (Wildman–Crippen LogP) is 8.54. The van der Waals surface area contributed by atoms with E-state index in [-0.39, 0.29) is 14.9 Å². The first-order valence-corrected chi connectivity index (χ1v) is 10.0. The first-order valence-electron chi connectivity index (χ1n) is 10.0. The van der Waals surface area contributed by atoms with E-state index < -0.39 is 0 Å². The third-order valence-electron chi connectivity index (χ3n) is 4.86. The van der Waals surface area contributed by atoms with Crippen LogP contribution in [0.1, 0.15) is 20.4 Å². The zero-order chi connectivity index (χ0) is 20.8. The first kappa shape index (κ1) is 24.4. The highest BCUT2D eigenvalue weighted by Gasteiger charge is 1.99. The summed E-state index contributed by atoms with van der Waals surface area (Å²) in [6.45, 7) is 2.09. The molecule has 0 saturated heterocycles. The molecule has 0 radical (unpaired) electrons. The molecule has 0 bridgehead atoms. The molecule has 4 aromatic rings. The smallest absolute Gasteiger partial charge is 0.0385 e. The van der Waals surface area contributed by atoms with Crippen molar-refractivity contribution in [3.05, 3.63) is 103 Å². The van der Waals surface area contributed by atoms with Gasteiger partial charge in [-0.3, -0.25) is 0 Å². The maximum atomic E-state index is 3.44. The van der Waals surface area contributed by atoms with Gasteiger partial charge in [0, 0.05) is 46.9 Å². The number of benzene rings is 4. The number of aryl methyl sites for hydroxylation is 1. The second-order valence-electron chi connectivity index (χ2n) is 7.22. The van der Waals surface area contributed by atoms with E-state index >= 15 is 0 Å². The highest BCUT2D eigenvalue weighted by Crippen LogP contribution is 2.24. The van der Waals surface area contributed by atoms with Crippen LogP contribution in [0.2, 0.25) is 0 Å². The van der Waals surface area contributed by atoms with E-state index in [1.807, 2.05) is 7.05 Å². The molecule has 4 aromatic carbocycles. The molecular formula is C28H34N4. The Morgan fingerprint density at radius 1 is 0.375 bits per heavy atom. The third-order valence-corrected chi connectivity index (χ3v) is 4.86. The van der Waals surface area contributed by atoms with Crippen LogP contribution in [0.4, 0.5) is 39.8 Å². The summed E-state index contributed by atoms with van der Waals surface area (Å²) in [5, 5.41) is 13.4. The van der Waals surface area contributed by atoms with Crippen molar-refractivity contribution < 1.29 is 0 Å². The van der Waals surface area contributed by atoms with Gasteiger partial charge in [0.1, 0.15) is 0 Å². The lowest BCUT2D eigenvalue weighted by molar-refractivity contribution is 1.45. The molecule has 0 spiro atoms. The molecule has 32 heavy (non-hydrogen) atoms. The van der Waals surface area contributed by atoms with Crippen LogP contribution in [0.15, 0.2) is 97.1 Å². The van der Waals surface area contributed by atoms with Gasteiger partial charge in [0.05, 0.1) is 0 Å². The van der Waals surface area contributed by atoms with Crippen LogP contribution in [-0.2, 0) is 0 Å². The molecule has 0 fully saturated rings. The number of rotatable bonds is 7. The summed E-state index contributed by atoms with van der Waals surface area (Å²) in [6.07, 6.45) is 0. The first-order chi connectivity index (χ1) is 14.7. The number of hydrogen-bond acceptors (Lipinski definition) is 4. The van der Waals surface area contributed by atoms with Crippen molar-refractivity contribution in [3.63, 3.8) is 0 Å². The van der Waals surface area contributed by atoms with Crippen LogP contribution >= 0.6 is 0 Å². The van der Waals surface area contributed by atoms with Crippen LogP contribution in [0.5, 0.6) is 0 Å². The molecule has 4 N–H and O–H groups in total. The van der Waals surface area contributed by atoms with Crippen molar-refractivity contribution >= 4 is 39.8 Å². The van der Waals surface area contributed by atoms with E-state index in [9.17, 15) is 0 Å². The fourth-order valence-corrected chi connectivity index (χ4v) is 3.13. The Kier molecular flexibility index (Phi) is 8.72. The minimum Gasteiger partial charge on any atom is -0.388 e. The van der Waals surface area contributed by atoms with E-state index in [2.05, 4.69) is 125 Å². The molecule has 0 amide bonds. The Hall–Kier alpha value is -3.92. The summed E-state index contributed by atoms with van der Waals surface area (Å²) >= 11 is 0. The van der Waals surface area contributed by atoms with E-state index in [1.165, 1.54) is 5.56 Å². The van der Waals surface area contributed by atoms with Crippen molar-refractivity contribution in [2.45, 2.75) is 21.8 Å². The number of nitrogens with one attached hydrogen (secondary N) is 4. The van der Waals surface area contributed by atoms with Gasteiger partial charge in [-0.15, -0.1) is 0 Å². The molecule has 0 aliphatic heterocycles. The summed E-state index contributed by atoms with van der Waals surface area (Å²) in [5.41, 5.74) is 8.71. The average Bonchev–Trinajstić information content (AvgIpc) is 2.78. The second kappa shape index (κ2) is 11.5. The summed E-state index contributed by atoms with van der Waals surface area (Å²) < 4.78 is 0. The Labute approximate surface area is 192 Å². The zero-order valence-electron chi connectivity index (χ0n) is 17.2. The van der Waals surface area contributed by atoms with Crippen molar-refractivity contribution in [1.29, 1.82) is 0 Å². The van der Waals surface area contributed by atoms with Crippen LogP contribution in [-0.4, -0.2) is 7.05 Å². The van der Waals surface area contributed by atoms with Gasteiger partial charge in [0.2, 0.25) is 0 Å². The molecule has 4 heteroatoms. The van der Waals surface area contributed by atoms with Crippen molar-refractivity contribution in [2.24, 2.45) is 0 Å². The zero-order valence-corrected chi connectivity index (χ0v) is 17.2. The minimum atomic E-state index is 0. The fraction of sp³-hybridized carbons (Fsp3) is 0.143. The van der Waals surface area contributed by atoms with Crippen LogP contribution < -0.4 is 21.3 Å². The molecule has 0 heterocycles. The van der Waals surface area contributed by atoms with Crippen molar-refractivity contribution in [1.82, 2.24) is 0 Å². The summed E-state index contributed by atoms with van der Waals surface area (Å²) in [4.78, 5) is 0. The van der Waals surface area contributed by atoms with Crippen LogP contribution in [0.25, 0.3) is 0 Å². The SMILES string of the molecule is C.C.CNc1ccc(Nc2ccc(Nc3ccc(Nc4ccc(C)cc4)cc3)cc2)cc1. The van der Waals surface area contributed by atoms with E-state index in [0.717, 1.165) is 39.8 Å². The third kappa shape index (κ3) is 6.54. The average molecular weight is 427 g/mol. The molecular weight excluding hydrogens is 392 g/mol. The van der Waals surface area contributed by atoms with E-state index in [0.29, 0.717) is 0 Å². The lowest BCUT2D eigenvalue weighted by Crippen LogP contribution is -1.94. The van der Waals surface area contributed by atoms with Gasteiger partial charge in [-0.1, -0.05) is 32.5 Å². The Morgan fingerprint density at radius 2 is 0.594 bits per heavy atom. The molecule has 0 aliphatic rings. The van der Waals surface area contributed by atoms with Gasteiger partial charge in [0.15, 0.2) is 0 Å². The molecule has 4 nitrogen and oxygen atoms in total. The molecule has 0 saturated carbocycles. The molecule has 0 aliphatic carbocycles. The van der Waals surface area contributed by atoms with Crippen LogP contribution in [0.3, 0.4) is 0 Å². The lowest BCUT2D eigenvalue weighted by Gasteiger charge is -2.11. The highest BCUT2D eigenvalue weighted by molar-refractivity contribution is 5.69. The van der Waals surface area contributed by atoms with Gasteiger partial charge in [-0.2, -0.15) is 0 Å². The molecule has 0 aromatic heterocycles. The van der Waals surface area contributed by atoms with E-state index in [1.54, 1.807) is 0 Å². The minimum absolute atomic E-state index is 0. The topological polar surface area (TPSA) is 48.1 Å². The van der Waals surface area contributed by atoms with Gasteiger partial charge in [-0.25, -0.2) is 0 Å². The number of anilines is 7. The van der Waals surface area contributed by atoms with Crippen molar-refractivity contribution in [2.75, 3.05) is 28.3 Å². The molecule has 0 atom stereocenters. The second-order valence-corrected chi connectivity index (χ2v) is 7.22. The monoisotopic (exact) mass is 426 g/mol. The highest BCUT2D eigenvalue weighted by atomic mass is 14.9. The largest absolute Gasteiger partial charge is 0.388 e. The maximum absolute atomic E-state index is 3.44. The lowest BCUT2D eigenvalue weighted by atomic mass is 10.2. The molecule has 4 rings (SSSR count). The summed E-state index contributed by atoms with van der Waals surface area (Å²) in [5.74, 6) is 0. The fourth-order valence-electron chi connectivity index (χ4n) is 3.13. The van der Waals surface area contributed by atoms with Crippen molar-refractivity contribution in [3.8, 4) is 0 Å². The van der Waals surface area contributed by atoms with Gasteiger partial charge < -0.3 is 21.3 Å². The van der Waals surface area contributed by atoms with Gasteiger partial charge in [-0.05, 0) is 91.9 Å². The summed E-state index contributed by atoms with van der Waals surface area (Å²) in [6, 6.07) is 33.2. The predicted molar refractivity (Wildman–Crippen MR) is 143 cm³/mol. The summed E-state index contributed by atoms with van der Waals surface area (Å²) in [7, 11) is 1.92. The van der Waals surface area contributed by atoms with E-state index in [4.69, 9.17) is 0 Å². The van der Waals surface area contributed by atoms with Crippen LogP contribution in [0, 0.1) is 6.92 Å². The van der Waals surface area contributed by atoms with Gasteiger partial charge >= 0.3 is 0 Å². The quantitative estimate of drug-likeness (QED) is 0.239. The molecule has 0 unspecified atom stereocenters. The standard InChI is InChI=1S/C26H26N4.2CH4/c1-19-3-5-21(6-4-19)28-23-11-13-25(14-12-23)30-26-17-15-24(16-18-26)29-22-9-7-20(27-2)8-10-22;;/h3-18,27-30H,1-2H3;2*1H4.